The van der Waals surface area contributed by atoms with Gasteiger partial charge in [-0.3, -0.25) is 4.79 Å². The summed E-state index contributed by atoms with van der Waals surface area (Å²) >= 11 is 1.61. The van der Waals surface area contributed by atoms with Gasteiger partial charge in [0.2, 0.25) is 0 Å². The molecule has 15 heavy (non-hydrogen) atoms. The summed E-state index contributed by atoms with van der Waals surface area (Å²) in [6.45, 7) is 1.97. The Morgan fingerprint density at radius 1 is 1.53 bits per heavy atom. The summed E-state index contributed by atoms with van der Waals surface area (Å²) in [7, 11) is 0. The fourth-order valence-electron chi connectivity index (χ4n) is 1.19. The van der Waals surface area contributed by atoms with E-state index < -0.39 is 5.97 Å². The van der Waals surface area contributed by atoms with Crippen LogP contribution >= 0.6 is 11.8 Å². The second-order valence-electron chi connectivity index (χ2n) is 3.33. The Bertz CT molecular complexity index is 352. The molecule has 0 bridgehead atoms. The van der Waals surface area contributed by atoms with Gasteiger partial charge in [-0.25, -0.2) is 0 Å². The molecule has 3 N–H and O–H groups in total. The molecule has 1 aromatic rings. The van der Waals surface area contributed by atoms with Gasteiger partial charge in [0.25, 0.3) is 0 Å². The standard InChI is InChI=1S/C11H15NO2S/c1-8-4-2-5-9(11(8)12)15-7-3-6-10(13)14/h2,4-5H,3,6-7,12H2,1H3,(H,13,14). The van der Waals surface area contributed by atoms with Gasteiger partial charge in [0.1, 0.15) is 0 Å². The molecule has 0 unspecified atom stereocenters. The van der Waals surface area contributed by atoms with Crippen LogP contribution in [0.25, 0.3) is 0 Å². The molecule has 0 amide bonds. The minimum Gasteiger partial charge on any atom is -0.481 e. The van der Waals surface area contributed by atoms with Crippen molar-refractivity contribution in [2.75, 3.05) is 11.5 Å². The molecule has 4 heteroatoms. The normalized spacial score (nSPS) is 10.2. The number of anilines is 1. The van der Waals surface area contributed by atoms with Crippen molar-refractivity contribution in [1.29, 1.82) is 0 Å². The zero-order valence-corrected chi connectivity index (χ0v) is 9.51. The lowest BCUT2D eigenvalue weighted by molar-refractivity contribution is -0.137. The van der Waals surface area contributed by atoms with Crippen LogP contribution in [-0.2, 0) is 4.79 Å². The molecule has 0 radical (unpaired) electrons. The lowest BCUT2D eigenvalue weighted by atomic mass is 10.2. The molecule has 0 aromatic heterocycles. The maximum atomic E-state index is 10.3. The van der Waals surface area contributed by atoms with Gasteiger partial charge >= 0.3 is 5.97 Å². The van der Waals surface area contributed by atoms with Gasteiger partial charge in [-0.2, -0.15) is 0 Å². The first kappa shape index (κ1) is 11.9. The third-order valence-electron chi connectivity index (χ3n) is 2.08. The van der Waals surface area contributed by atoms with Crippen LogP contribution in [0.15, 0.2) is 23.1 Å². The number of aryl methyl sites for hydroxylation is 1. The van der Waals surface area contributed by atoms with E-state index in [-0.39, 0.29) is 6.42 Å². The Hall–Kier alpha value is -1.16. The number of nitrogen functional groups attached to an aromatic ring is 1. The largest absolute Gasteiger partial charge is 0.481 e. The molecule has 0 saturated carbocycles. The predicted octanol–water partition coefficient (Wildman–Crippen LogP) is 2.53. The van der Waals surface area contributed by atoms with Gasteiger partial charge in [-0.15, -0.1) is 11.8 Å². The summed E-state index contributed by atoms with van der Waals surface area (Å²) in [6, 6.07) is 5.90. The van der Waals surface area contributed by atoms with Gasteiger partial charge in [-0.1, -0.05) is 12.1 Å². The molecule has 0 heterocycles. The number of para-hydroxylation sites is 1. The second-order valence-corrected chi connectivity index (χ2v) is 4.47. The lowest BCUT2D eigenvalue weighted by Gasteiger charge is -2.06. The number of carboxylic acids is 1. The Labute approximate surface area is 93.7 Å². The number of rotatable bonds is 5. The van der Waals surface area contributed by atoms with Gasteiger partial charge in [0.15, 0.2) is 0 Å². The van der Waals surface area contributed by atoms with Crippen LogP contribution in [0.5, 0.6) is 0 Å². The van der Waals surface area contributed by atoms with Crippen molar-refractivity contribution >= 4 is 23.4 Å². The smallest absolute Gasteiger partial charge is 0.303 e. The van der Waals surface area contributed by atoms with Crippen LogP contribution < -0.4 is 5.73 Å². The van der Waals surface area contributed by atoms with E-state index in [4.69, 9.17) is 10.8 Å². The first-order valence-electron chi connectivity index (χ1n) is 4.81. The topological polar surface area (TPSA) is 63.3 Å². The average Bonchev–Trinajstić information content (AvgIpc) is 2.18. The van der Waals surface area contributed by atoms with E-state index in [1.807, 2.05) is 25.1 Å². The molecule has 1 rings (SSSR count). The van der Waals surface area contributed by atoms with Gasteiger partial charge in [-0.05, 0) is 30.7 Å². The quantitative estimate of drug-likeness (QED) is 0.459. The van der Waals surface area contributed by atoms with Crippen LogP contribution in [0.2, 0.25) is 0 Å². The van der Waals surface area contributed by atoms with E-state index in [0.717, 1.165) is 21.9 Å². The van der Waals surface area contributed by atoms with Crippen LogP contribution in [0.4, 0.5) is 5.69 Å². The number of benzene rings is 1. The number of hydrogen-bond acceptors (Lipinski definition) is 3. The number of hydrogen-bond donors (Lipinski definition) is 2. The van der Waals surface area contributed by atoms with Gasteiger partial charge in [0, 0.05) is 17.0 Å². The van der Waals surface area contributed by atoms with E-state index in [1.165, 1.54) is 0 Å². The minimum absolute atomic E-state index is 0.221. The SMILES string of the molecule is Cc1cccc(SCCCC(=O)O)c1N. The number of carbonyl (C=O) groups is 1. The number of aliphatic carboxylic acids is 1. The predicted molar refractivity (Wildman–Crippen MR) is 63.2 cm³/mol. The third kappa shape index (κ3) is 3.83. The summed E-state index contributed by atoms with van der Waals surface area (Å²) in [4.78, 5) is 11.3. The van der Waals surface area contributed by atoms with E-state index in [9.17, 15) is 4.79 Å². The Balaban J connectivity index is 2.44. The minimum atomic E-state index is -0.743. The summed E-state index contributed by atoms with van der Waals surface area (Å²) in [5.41, 5.74) is 7.76. The van der Waals surface area contributed by atoms with E-state index in [0.29, 0.717) is 6.42 Å². The Kier molecular flexibility index (Phi) is 4.49. The van der Waals surface area contributed by atoms with Crippen LogP contribution in [0.1, 0.15) is 18.4 Å². The van der Waals surface area contributed by atoms with E-state index in [2.05, 4.69) is 0 Å². The molecule has 0 fully saturated rings. The zero-order chi connectivity index (χ0) is 11.3. The summed E-state index contributed by atoms with van der Waals surface area (Å²) < 4.78 is 0. The first-order valence-corrected chi connectivity index (χ1v) is 5.79. The fourth-order valence-corrected chi connectivity index (χ4v) is 2.18. The molecule has 0 aliphatic rings. The molecule has 1 aromatic carbocycles. The highest BCUT2D eigenvalue weighted by molar-refractivity contribution is 7.99. The first-order chi connectivity index (χ1) is 7.11. The maximum absolute atomic E-state index is 10.3. The molecule has 3 nitrogen and oxygen atoms in total. The maximum Gasteiger partial charge on any atom is 0.303 e. The molecule has 82 valence electrons. The molecule has 0 saturated heterocycles. The van der Waals surface area contributed by atoms with Crippen LogP contribution in [-0.4, -0.2) is 16.8 Å². The van der Waals surface area contributed by atoms with Gasteiger partial charge < -0.3 is 10.8 Å². The van der Waals surface area contributed by atoms with E-state index >= 15 is 0 Å². The molecule has 0 atom stereocenters. The Morgan fingerprint density at radius 3 is 2.93 bits per heavy atom. The lowest BCUT2D eigenvalue weighted by Crippen LogP contribution is -1.96. The summed E-state index contributed by atoms with van der Waals surface area (Å²) in [5.74, 6) is 0.0489. The van der Waals surface area contributed by atoms with Crippen LogP contribution in [0, 0.1) is 6.92 Å². The molecule has 0 spiro atoms. The number of nitrogens with two attached hydrogens (primary N) is 1. The summed E-state index contributed by atoms with van der Waals surface area (Å²) in [5, 5.41) is 8.48. The fraction of sp³-hybridized carbons (Fsp3) is 0.364. The molecule has 0 aliphatic carbocycles. The molecular formula is C11H15NO2S. The monoisotopic (exact) mass is 225 g/mol. The van der Waals surface area contributed by atoms with Crippen LogP contribution in [0.3, 0.4) is 0 Å². The summed E-state index contributed by atoms with van der Waals surface area (Å²) in [6.07, 6.45) is 0.895. The Morgan fingerprint density at radius 2 is 2.27 bits per heavy atom. The highest BCUT2D eigenvalue weighted by Gasteiger charge is 2.02. The van der Waals surface area contributed by atoms with E-state index in [1.54, 1.807) is 11.8 Å². The van der Waals surface area contributed by atoms with Crippen molar-refractivity contribution in [1.82, 2.24) is 0 Å². The number of carboxylic acid groups (broad SMARTS) is 1. The highest BCUT2D eigenvalue weighted by Crippen LogP contribution is 2.27. The highest BCUT2D eigenvalue weighted by atomic mass is 32.2. The number of thioether (sulfide) groups is 1. The van der Waals surface area contributed by atoms with Crippen molar-refractivity contribution in [3.63, 3.8) is 0 Å². The van der Waals surface area contributed by atoms with Gasteiger partial charge in [0.05, 0.1) is 0 Å². The van der Waals surface area contributed by atoms with Crippen molar-refractivity contribution in [2.24, 2.45) is 0 Å². The molecule has 0 aliphatic heterocycles. The average molecular weight is 225 g/mol. The van der Waals surface area contributed by atoms with Crippen molar-refractivity contribution in [2.45, 2.75) is 24.7 Å². The van der Waals surface area contributed by atoms with Crippen molar-refractivity contribution < 1.29 is 9.90 Å². The zero-order valence-electron chi connectivity index (χ0n) is 8.69. The third-order valence-corrected chi connectivity index (χ3v) is 3.24. The van der Waals surface area contributed by atoms with Crippen molar-refractivity contribution in [3.8, 4) is 0 Å². The molecular weight excluding hydrogens is 210 g/mol. The second kappa shape index (κ2) is 5.66. The van der Waals surface area contributed by atoms with Crippen molar-refractivity contribution in [3.05, 3.63) is 23.8 Å².